The molecule has 0 bridgehead atoms. The molecule has 0 N–H and O–H groups in total. The van der Waals surface area contributed by atoms with Gasteiger partial charge in [0.15, 0.2) is 0 Å². The van der Waals surface area contributed by atoms with Crippen LogP contribution in [0.4, 0.5) is 0 Å². The topological polar surface area (TPSA) is 3.24 Å². The van der Waals surface area contributed by atoms with Gasteiger partial charge in [-0.05, 0) is 6.42 Å². The molecule has 1 heteroatoms. The largest absolute Gasteiger partial charge is 0.296 e. The number of hydrogen-bond acceptors (Lipinski definition) is 1. The second kappa shape index (κ2) is 7.29. The summed E-state index contributed by atoms with van der Waals surface area (Å²) in [7, 11) is 0. The molecule has 1 nitrogen and oxygen atoms in total. The van der Waals surface area contributed by atoms with Crippen LogP contribution in [0.2, 0.25) is 0 Å². The van der Waals surface area contributed by atoms with Gasteiger partial charge in [0, 0.05) is 19.6 Å². The molecule has 0 saturated carbocycles. The van der Waals surface area contributed by atoms with E-state index in [1.165, 1.54) is 0 Å². The smallest absolute Gasteiger partial charge is 0.0164 e. The van der Waals surface area contributed by atoms with Gasteiger partial charge in [0.2, 0.25) is 0 Å². The summed E-state index contributed by atoms with van der Waals surface area (Å²) in [4.78, 5) is 2.27. The third kappa shape index (κ3) is 5.62. The highest BCUT2D eigenvalue weighted by Crippen LogP contribution is 1.92. The molecule has 0 radical (unpaired) electrons. The quantitative estimate of drug-likeness (QED) is 0.504. The Kier molecular flexibility index (Phi) is 6.75. The lowest BCUT2D eigenvalue weighted by Crippen LogP contribution is -2.24. The molecule has 0 spiro atoms. The summed E-state index contributed by atoms with van der Waals surface area (Å²) in [6, 6.07) is 0. The van der Waals surface area contributed by atoms with Crippen molar-refractivity contribution in [2.75, 3.05) is 19.6 Å². The zero-order chi connectivity index (χ0) is 8.53. The lowest BCUT2D eigenvalue weighted by Gasteiger charge is -2.16. The van der Waals surface area contributed by atoms with Gasteiger partial charge in [0.1, 0.15) is 0 Å². The SMILES string of the molecule is C=CCCN(CC=C)CC=C. The molecule has 0 amide bonds. The van der Waals surface area contributed by atoms with E-state index < -0.39 is 0 Å². The summed E-state index contributed by atoms with van der Waals surface area (Å²) in [6.45, 7) is 14.0. The van der Waals surface area contributed by atoms with Gasteiger partial charge in [-0.2, -0.15) is 0 Å². The first-order chi connectivity index (χ1) is 5.35. The average Bonchev–Trinajstić information content (AvgIpc) is 2.01. The minimum absolute atomic E-state index is 0.930. The van der Waals surface area contributed by atoms with E-state index >= 15 is 0 Å². The van der Waals surface area contributed by atoms with Crippen molar-refractivity contribution < 1.29 is 0 Å². The lowest BCUT2D eigenvalue weighted by molar-refractivity contribution is 0.342. The Balaban J connectivity index is 3.57. The summed E-state index contributed by atoms with van der Waals surface area (Å²) < 4.78 is 0. The molecular formula is C10H17N. The van der Waals surface area contributed by atoms with E-state index in [9.17, 15) is 0 Å². The molecule has 0 aliphatic rings. The maximum atomic E-state index is 3.69. The van der Waals surface area contributed by atoms with E-state index in [0.29, 0.717) is 0 Å². The minimum Gasteiger partial charge on any atom is -0.296 e. The van der Waals surface area contributed by atoms with E-state index in [1.54, 1.807) is 0 Å². The first-order valence-electron chi connectivity index (χ1n) is 3.90. The van der Waals surface area contributed by atoms with Crippen molar-refractivity contribution in [3.63, 3.8) is 0 Å². The Labute approximate surface area is 69.7 Å². The molecule has 0 aliphatic heterocycles. The van der Waals surface area contributed by atoms with E-state index in [4.69, 9.17) is 0 Å². The monoisotopic (exact) mass is 151 g/mol. The van der Waals surface area contributed by atoms with Crippen molar-refractivity contribution in [3.8, 4) is 0 Å². The molecule has 0 saturated heterocycles. The van der Waals surface area contributed by atoms with E-state index in [2.05, 4.69) is 24.6 Å². The molecule has 0 aromatic carbocycles. The second-order valence-corrected chi connectivity index (χ2v) is 2.41. The zero-order valence-electron chi connectivity index (χ0n) is 7.13. The summed E-state index contributed by atoms with van der Waals surface area (Å²) in [5.41, 5.74) is 0. The van der Waals surface area contributed by atoms with Gasteiger partial charge >= 0.3 is 0 Å². The van der Waals surface area contributed by atoms with Crippen LogP contribution in [0, 0.1) is 0 Å². The molecule has 0 aromatic rings. The number of rotatable bonds is 7. The van der Waals surface area contributed by atoms with Crippen LogP contribution >= 0.6 is 0 Å². The molecule has 0 rings (SSSR count). The molecule has 0 aromatic heterocycles. The van der Waals surface area contributed by atoms with Crippen molar-refractivity contribution in [3.05, 3.63) is 38.0 Å². The summed E-state index contributed by atoms with van der Waals surface area (Å²) in [5.74, 6) is 0. The molecule has 62 valence electrons. The Bertz CT molecular complexity index is 117. The van der Waals surface area contributed by atoms with Gasteiger partial charge in [0.05, 0.1) is 0 Å². The van der Waals surface area contributed by atoms with Gasteiger partial charge in [-0.1, -0.05) is 18.2 Å². The summed E-state index contributed by atoms with van der Waals surface area (Å²) in [5, 5.41) is 0. The highest BCUT2D eigenvalue weighted by Gasteiger charge is 1.96. The van der Waals surface area contributed by atoms with Gasteiger partial charge < -0.3 is 0 Å². The van der Waals surface area contributed by atoms with Gasteiger partial charge in [-0.3, -0.25) is 4.90 Å². The van der Waals surface area contributed by atoms with E-state index in [-0.39, 0.29) is 0 Å². The molecular weight excluding hydrogens is 134 g/mol. The first kappa shape index (κ1) is 10.2. The molecule has 0 atom stereocenters. The predicted molar refractivity (Wildman–Crippen MR) is 51.6 cm³/mol. The van der Waals surface area contributed by atoms with Crippen molar-refractivity contribution >= 4 is 0 Å². The average molecular weight is 151 g/mol. The molecule has 0 unspecified atom stereocenters. The highest BCUT2D eigenvalue weighted by atomic mass is 15.1. The fourth-order valence-corrected chi connectivity index (χ4v) is 0.896. The zero-order valence-corrected chi connectivity index (χ0v) is 7.13. The summed E-state index contributed by atoms with van der Waals surface area (Å²) >= 11 is 0. The first-order valence-corrected chi connectivity index (χ1v) is 3.90. The van der Waals surface area contributed by atoms with Crippen molar-refractivity contribution in [2.45, 2.75) is 6.42 Å². The van der Waals surface area contributed by atoms with Crippen LogP contribution in [0.1, 0.15) is 6.42 Å². The standard InChI is InChI=1S/C10H17N/c1-4-7-10-11(8-5-2)9-6-3/h4-6H,1-3,7-10H2. The number of hydrogen-bond donors (Lipinski definition) is 0. The lowest BCUT2D eigenvalue weighted by atomic mass is 10.3. The van der Waals surface area contributed by atoms with Crippen LogP contribution in [0.15, 0.2) is 38.0 Å². The Morgan fingerprint density at radius 2 is 1.45 bits per heavy atom. The molecule has 0 fully saturated rings. The summed E-state index contributed by atoms with van der Waals surface area (Å²) in [6.07, 6.45) is 6.78. The Hall–Kier alpha value is -0.820. The molecule has 0 aliphatic carbocycles. The second-order valence-electron chi connectivity index (χ2n) is 2.41. The van der Waals surface area contributed by atoms with Crippen LogP contribution in [0.3, 0.4) is 0 Å². The third-order valence-corrected chi connectivity index (χ3v) is 1.42. The molecule has 0 heterocycles. The maximum Gasteiger partial charge on any atom is 0.0164 e. The van der Waals surface area contributed by atoms with Crippen LogP contribution in [0.5, 0.6) is 0 Å². The van der Waals surface area contributed by atoms with Crippen molar-refractivity contribution in [1.29, 1.82) is 0 Å². The van der Waals surface area contributed by atoms with E-state index in [0.717, 1.165) is 26.1 Å². The fraction of sp³-hybridized carbons (Fsp3) is 0.400. The van der Waals surface area contributed by atoms with E-state index in [1.807, 2.05) is 18.2 Å². The maximum absolute atomic E-state index is 3.69. The van der Waals surface area contributed by atoms with Crippen LogP contribution < -0.4 is 0 Å². The van der Waals surface area contributed by atoms with Gasteiger partial charge in [-0.15, -0.1) is 19.7 Å². The minimum atomic E-state index is 0.930. The number of nitrogens with zero attached hydrogens (tertiary/aromatic N) is 1. The van der Waals surface area contributed by atoms with Crippen LogP contribution in [0.25, 0.3) is 0 Å². The molecule has 11 heavy (non-hydrogen) atoms. The Morgan fingerprint density at radius 1 is 0.909 bits per heavy atom. The van der Waals surface area contributed by atoms with Crippen molar-refractivity contribution in [2.24, 2.45) is 0 Å². The third-order valence-electron chi connectivity index (χ3n) is 1.42. The normalized spacial score (nSPS) is 9.55. The van der Waals surface area contributed by atoms with Crippen molar-refractivity contribution in [1.82, 2.24) is 4.90 Å². The van der Waals surface area contributed by atoms with Gasteiger partial charge in [-0.25, -0.2) is 0 Å². The Morgan fingerprint density at radius 3 is 1.82 bits per heavy atom. The highest BCUT2D eigenvalue weighted by molar-refractivity contribution is 4.81. The predicted octanol–water partition coefficient (Wildman–Crippen LogP) is 2.24. The fourth-order valence-electron chi connectivity index (χ4n) is 0.896. The van der Waals surface area contributed by atoms with Crippen LogP contribution in [-0.2, 0) is 0 Å². The van der Waals surface area contributed by atoms with Crippen LogP contribution in [-0.4, -0.2) is 24.5 Å². The van der Waals surface area contributed by atoms with Gasteiger partial charge in [0.25, 0.3) is 0 Å².